The summed E-state index contributed by atoms with van der Waals surface area (Å²) in [5, 5.41) is 5.07. The third kappa shape index (κ3) is 12.8. The molecular formula is C15H25N3O3S2. The van der Waals surface area contributed by atoms with E-state index in [-0.39, 0.29) is 17.5 Å². The third-order valence-corrected chi connectivity index (χ3v) is 5.12. The molecule has 0 aromatic heterocycles. The van der Waals surface area contributed by atoms with Gasteiger partial charge in [-0.3, -0.25) is 14.4 Å². The molecular weight excluding hydrogens is 334 g/mol. The van der Waals surface area contributed by atoms with Crippen LogP contribution < -0.4 is 16.4 Å². The second kappa shape index (κ2) is 14.2. The van der Waals surface area contributed by atoms with E-state index in [9.17, 15) is 14.4 Å². The van der Waals surface area contributed by atoms with Crippen molar-refractivity contribution in [2.75, 3.05) is 18.6 Å². The molecule has 4 N–H and O–H groups in total. The van der Waals surface area contributed by atoms with Crippen molar-refractivity contribution in [1.82, 2.24) is 10.6 Å². The van der Waals surface area contributed by atoms with Crippen molar-refractivity contribution in [2.45, 2.75) is 32.6 Å². The molecule has 0 aromatic rings. The summed E-state index contributed by atoms with van der Waals surface area (Å²) in [5.74, 6) is 0.831. The van der Waals surface area contributed by atoms with E-state index in [1.807, 2.05) is 6.08 Å². The Balaban J connectivity index is 3.56. The maximum atomic E-state index is 11.6. The molecule has 0 heterocycles. The number of amides is 3. The minimum absolute atomic E-state index is 0.0512. The first-order valence-electron chi connectivity index (χ1n) is 7.37. The lowest BCUT2D eigenvalue weighted by atomic mass is 10.2. The zero-order valence-corrected chi connectivity index (χ0v) is 15.2. The summed E-state index contributed by atoms with van der Waals surface area (Å²) in [6.07, 6.45) is 8.10. The van der Waals surface area contributed by atoms with Crippen molar-refractivity contribution in [3.8, 4) is 0 Å². The van der Waals surface area contributed by atoms with E-state index < -0.39 is 5.91 Å². The molecule has 8 heteroatoms. The van der Waals surface area contributed by atoms with Crippen molar-refractivity contribution in [3.05, 3.63) is 23.9 Å². The van der Waals surface area contributed by atoms with Gasteiger partial charge in [-0.2, -0.15) is 0 Å². The zero-order chi connectivity index (χ0) is 17.5. The SMILES string of the molecule is C/C=C(\NC(=O)CCSSCC/C=C/CCC(=O)NC)C(N)=O. The van der Waals surface area contributed by atoms with E-state index in [1.54, 1.807) is 35.6 Å². The average Bonchev–Trinajstić information content (AvgIpc) is 2.53. The van der Waals surface area contributed by atoms with E-state index in [0.717, 1.165) is 18.6 Å². The van der Waals surface area contributed by atoms with Crippen molar-refractivity contribution in [2.24, 2.45) is 5.73 Å². The van der Waals surface area contributed by atoms with E-state index in [4.69, 9.17) is 5.73 Å². The summed E-state index contributed by atoms with van der Waals surface area (Å²) in [6, 6.07) is 0. The highest BCUT2D eigenvalue weighted by atomic mass is 33.1. The molecule has 0 spiro atoms. The normalized spacial score (nSPS) is 11.5. The first-order valence-corrected chi connectivity index (χ1v) is 9.86. The van der Waals surface area contributed by atoms with Gasteiger partial charge >= 0.3 is 0 Å². The Hall–Kier alpha value is -1.41. The molecule has 23 heavy (non-hydrogen) atoms. The maximum absolute atomic E-state index is 11.6. The highest BCUT2D eigenvalue weighted by molar-refractivity contribution is 8.76. The lowest BCUT2D eigenvalue weighted by Crippen LogP contribution is -2.31. The first kappa shape index (κ1) is 21.6. The predicted molar refractivity (Wildman–Crippen MR) is 97.7 cm³/mol. The van der Waals surface area contributed by atoms with Gasteiger partial charge in [0.25, 0.3) is 5.91 Å². The first-order chi connectivity index (χ1) is 11.0. The number of hydrogen-bond acceptors (Lipinski definition) is 5. The van der Waals surface area contributed by atoms with E-state index in [1.165, 1.54) is 6.08 Å². The summed E-state index contributed by atoms with van der Waals surface area (Å²) in [5.41, 5.74) is 5.24. The molecule has 0 aromatic carbocycles. The number of carbonyl (C=O) groups is 3. The molecule has 0 saturated carbocycles. The molecule has 0 bridgehead atoms. The van der Waals surface area contributed by atoms with Crippen molar-refractivity contribution in [3.63, 3.8) is 0 Å². The summed E-state index contributed by atoms with van der Waals surface area (Å²) < 4.78 is 0. The van der Waals surface area contributed by atoms with E-state index in [2.05, 4.69) is 16.7 Å². The molecule has 3 amide bonds. The van der Waals surface area contributed by atoms with Crippen LogP contribution in [0.15, 0.2) is 23.9 Å². The van der Waals surface area contributed by atoms with Crippen molar-refractivity contribution < 1.29 is 14.4 Å². The minimum atomic E-state index is -0.633. The number of carbonyl (C=O) groups excluding carboxylic acids is 3. The average molecular weight is 360 g/mol. The lowest BCUT2D eigenvalue weighted by Gasteiger charge is -2.05. The van der Waals surface area contributed by atoms with E-state index in [0.29, 0.717) is 18.6 Å². The molecule has 0 rings (SSSR count). The fraction of sp³-hybridized carbons (Fsp3) is 0.533. The Morgan fingerprint density at radius 1 is 1.00 bits per heavy atom. The summed E-state index contributed by atoms with van der Waals surface area (Å²) in [7, 11) is 4.95. The van der Waals surface area contributed by atoms with Gasteiger partial charge < -0.3 is 16.4 Å². The largest absolute Gasteiger partial charge is 0.364 e. The van der Waals surface area contributed by atoms with Gasteiger partial charge in [-0.1, -0.05) is 39.8 Å². The van der Waals surface area contributed by atoms with Crippen LogP contribution in [0.3, 0.4) is 0 Å². The number of nitrogens with two attached hydrogens (primary N) is 1. The summed E-state index contributed by atoms with van der Waals surface area (Å²) in [6.45, 7) is 1.65. The Bertz CT molecular complexity index is 451. The fourth-order valence-corrected chi connectivity index (χ4v) is 3.41. The summed E-state index contributed by atoms with van der Waals surface area (Å²) in [4.78, 5) is 33.5. The quantitative estimate of drug-likeness (QED) is 0.213. The number of hydrogen-bond donors (Lipinski definition) is 3. The van der Waals surface area contributed by atoms with Crippen LogP contribution in [-0.4, -0.2) is 36.3 Å². The van der Waals surface area contributed by atoms with Crippen molar-refractivity contribution >= 4 is 39.3 Å². The summed E-state index contributed by atoms with van der Waals surface area (Å²) >= 11 is 0. The van der Waals surface area contributed by atoms with Gasteiger partial charge in [0.15, 0.2) is 0 Å². The van der Waals surface area contributed by atoms with Crippen LogP contribution in [0, 0.1) is 0 Å². The molecule has 0 saturated heterocycles. The molecule has 0 atom stereocenters. The predicted octanol–water partition coefficient (Wildman–Crippen LogP) is 1.74. The molecule has 0 fully saturated rings. The monoisotopic (exact) mass is 359 g/mol. The van der Waals surface area contributed by atoms with Gasteiger partial charge in [-0.05, 0) is 19.8 Å². The molecule has 0 aliphatic rings. The zero-order valence-electron chi connectivity index (χ0n) is 13.6. The second-order valence-corrected chi connectivity index (χ2v) is 7.18. The van der Waals surface area contributed by atoms with Crippen LogP contribution in [-0.2, 0) is 14.4 Å². The fourth-order valence-electron chi connectivity index (χ4n) is 1.43. The van der Waals surface area contributed by atoms with Gasteiger partial charge in [-0.15, -0.1) is 0 Å². The standard InChI is InChI=1S/C15H25N3O3S2/c1-3-12(15(16)21)18-14(20)9-11-23-22-10-7-5-4-6-8-13(19)17-2/h3-5H,6-11H2,1-2H3,(H2,16,21)(H,17,19)(H,18,20)/b5-4+,12-3-. The molecule has 0 radical (unpaired) electrons. The molecule has 0 aliphatic carbocycles. The van der Waals surface area contributed by atoms with Crippen LogP contribution >= 0.6 is 21.6 Å². The van der Waals surface area contributed by atoms with Gasteiger partial charge in [-0.25, -0.2) is 0 Å². The van der Waals surface area contributed by atoms with Crippen LogP contribution in [0.25, 0.3) is 0 Å². The van der Waals surface area contributed by atoms with Crippen LogP contribution in [0.2, 0.25) is 0 Å². The Morgan fingerprint density at radius 3 is 2.26 bits per heavy atom. The Labute approximate surface area is 145 Å². The Kier molecular flexibility index (Phi) is 13.3. The molecule has 0 aliphatic heterocycles. The number of nitrogens with one attached hydrogen (secondary N) is 2. The van der Waals surface area contributed by atoms with Gasteiger partial charge in [0, 0.05) is 31.4 Å². The lowest BCUT2D eigenvalue weighted by molar-refractivity contribution is -0.122. The van der Waals surface area contributed by atoms with Crippen molar-refractivity contribution in [1.29, 1.82) is 0 Å². The highest BCUT2D eigenvalue weighted by Crippen LogP contribution is 2.22. The van der Waals surface area contributed by atoms with Gasteiger partial charge in [0.2, 0.25) is 11.8 Å². The number of rotatable bonds is 12. The highest BCUT2D eigenvalue weighted by Gasteiger charge is 2.08. The maximum Gasteiger partial charge on any atom is 0.264 e. The van der Waals surface area contributed by atoms with Gasteiger partial charge in [0.05, 0.1) is 0 Å². The van der Waals surface area contributed by atoms with Gasteiger partial charge in [0.1, 0.15) is 5.70 Å². The van der Waals surface area contributed by atoms with Crippen LogP contribution in [0.5, 0.6) is 0 Å². The van der Waals surface area contributed by atoms with E-state index >= 15 is 0 Å². The van der Waals surface area contributed by atoms with Crippen LogP contribution in [0.1, 0.15) is 32.6 Å². The number of primary amides is 1. The topological polar surface area (TPSA) is 101 Å². The van der Waals surface area contributed by atoms with Crippen LogP contribution in [0.4, 0.5) is 0 Å². The number of allylic oxidation sites excluding steroid dienone is 3. The Morgan fingerprint density at radius 2 is 1.65 bits per heavy atom. The minimum Gasteiger partial charge on any atom is -0.364 e. The smallest absolute Gasteiger partial charge is 0.264 e. The molecule has 130 valence electrons. The molecule has 0 unspecified atom stereocenters. The second-order valence-electron chi connectivity index (χ2n) is 4.48. The molecule has 6 nitrogen and oxygen atoms in total. The third-order valence-electron chi connectivity index (χ3n) is 2.68.